The van der Waals surface area contributed by atoms with Crippen LogP contribution in [0.3, 0.4) is 0 Å². The zero-order valence-electron chi connectivity index (χ0n) is 10.7. The summed E-state index contributed by atoms with van der Waals surface area (Å²) in [5, 5.41) is 8.98. The van der Waals surface area contributed by atoms with E-state index in [0.717, 1.165) is 45.2 Å². The average Bonchev–Trinajstić information content (AvgIpc) is 2.73. The van der Waals surface area contributed by atoms with Crippen molar-refractivity contribution < 1.29 is 9.90 Å². The lowest BCUT2D eigenvalue weighted by Gasteiger charge is -2.33. The molecule has 2 unspecified atom stereocenters. The molecule has 2 aliphatic rings. The Bertz CT molecular complexity index is 253. The second-order valence-corrected chi connectivity index (χ2v) is 5.67. The highest BCUT2D eigenvalue weighted by Crippen LogP contribution is 2.26. The predicted molar refractivity (Wildman–Crippen MR) is 67.8 cm³/mol. The fraction of sp³-hybridized carbons (Fsp3) is 0.929. The third kappa shape index (κ3) is 3.78. The Morgan fingerprint density at radius 3 is 2.82 bits per heavy atom. The Kier molecular flexibility index (Phi) is 4.99. The van der Waals surface area contributed by atoms with Gasteiger partial charge in [-0.3, -0.25) is 4.79 Å². The van der Waals surface area contributed by atoms with Crippen molar-refractivity contribution in [3.63, 3.8) is 0 Å². The maximum Gasteiger partial charge on any atom is 0.136 e. The van der Waals surface area contributed by atoms with Gasteiger partial charge in [-0.05, 0) is 57.5 Å². The van der Waals surface area contributed by atoms with Crippen LogP contribution >= 0.6 is 0 Å². The minimum atomic E-state index is 0.319. The van der Waals surface area contributed by atoms with Crippen LogP contribution in [0.1, 0.15) is 44.9 Å². The van der Waals surface area contributed by atoms with Crippen LogP contribution in [0.5, 0.6) is 0 Å². The summed E-state index contributed by atoms with van der Waals surface area (Å²) in [6.07, 6.45) is 7.56. The third-order valence-corrected chi connectivity index (χ3v) is 4.37. The normalized spacial score (nSPS) is 31.0. The van der Waals surface area contributed by atoms with Gasteiger partial charge in [0.1, 0.15) is 5.78 Å². The highest BCUT2D eigenvalue weighted by atomic mass is 16.3. The van der Waals surface area contributed by atoms with Gasteiger partial charge < -0.3 is 10.0 Å². The van der Waals surface area contributed by atoms with Gasteiger partial charge in [-0.1, -0.05) is 0 Å². The first-order valence-electron chi connectivity index (χ1n) is 7.15. The number of aliphatic hydroxyl groups excluding tert-OH is 1. The number of piperidine rings is 1. The van der Waals surface area contributed by atoms with Crippen molar-refractivity contribution in [2.75, 3.05) is 26.2 Å². The zero-order valence-corrected chi connectivity index (χ0v) is 10.7. The van der Waals surface area contributed by atoms with E-state index in [-0.39, 0.29) is 0 Å². The van der Waals surface area contributed by atoms with Crippen molar-refractivity contribution in [3.8, 4) is 0 Å². The van der Waals surface area contributed by atoms with Gasteiger partial charge in [-0.15, -0.1) is 0 Å². The Hall–Kier alpha value is -0.410. The fourth-order valence-corrected chi connectivity index (χ4v) is 3.30. The average molecular weight is 239 g/mol. The quantitative estimate of drug-likeness (QED) is 0.796. The summed E-state index contributed by atoms with van der Waals surface area (Å²) in [7, 11) is 0. The Morgan fingerprint density at radius 1 is 1.24 bits per heavy atom. The van der Waals surface area contributed by atoms with Crippen LogP contribution < -0.4 is 0 Å². The summed E-state index contributed by atoms with van der Waals surface area (Å²) >= 11 is 0. The lowest BCUT2D eigenvalue weighted by atomic mass is 9.94. The summed E-state index contributed by atoms with van der Waals surface area (Å²) in [5.41, 5.74) is 0. The SMILES string of the molecule is O=C1CCCC1CCN1CCCC(CCO)C1. The maximum atomic E-state index is 11.6. The molecule has 2 rings (SSSR count). The molecule has 3 heteroatoms. The van der Waals surface area contributed by atoms with E-state index in [1.807, 2.05) is 0 Å². The largest absolute Gasteiger partial charge is 0.396 e. The van der Waals surface area contributed by atoms with Crippen LogP contribution in [0, 0.1) is 11.8 Å². The zero-order chi connectivity index (χ0) is 12.1. The van der Waals surface area contributed by atoms with E-state index < -0.39 is 0 Å². The van der Waals surface area contributed by atoms with Crippen LogP contribution in [0.4, 0.5) is 0 Å². The Labute approximate surface area is 104 Å². The van der Waals surface area contributed by atoms with E-state index >= 15 is 0 Å². The summed E-state index contributed by atoms with van der Waals surface area (Å²) in [5.74, 6) is 1.52. The first-order valence-corrected chi connectivity index (χ1v) is 7.15. The molecule has 17 heavy (non-hydrogen) atoms. The van der Waals surface area contributed by atoms with E-state index in [0.29, 0.717) is 24.2 Å². The molecule has 1 heterocycles. The topological polar surface area (TPSA) is 40.5 Å². The monoisotopic (exact) mass is 239 g/mol. The standard InChI is InChI=1S/C14H25NO2/c16-10-7-12-3-2-8-15(11-12)9-6-13-4-1-5-14(13)17/h12-13,16H,1-11H2. The molecule has 1 aliphatic heterocycles. The molecule has 0 radical (unpaired) electrons. The van der Waals surface area contributed by atoms with Crippen LogP contribution in [-0.2, 0) is 4.79 Å². The molecular formula is C14H25NO2. The number of hydrogen-bond donors (Lipinski definition) is 1. The first kappa shape index (κ1) is 13.0. The number of carbonyl (C=O) groups is 1. The molecule has 1 aliphatic carbocycles. The smallest absolute Gasteiger partial charge is 0.136 e. The van der Waals surface area contributed by atoms with Gasteiger partial charge in [-0.25, -0.2) is 0 Å². The number of carbonyl (C=O) groups excluding carboxylic acids is 1. The number of rotatable bonds is 5. The van der Waals surface area contributed by atoms with Crippen molar-refractivity contribution in [2.24, 2.45) is 11.8 Å². The highest BCUT2D eigenvalue weighted by Gasteiger charge is 2.26. The first-order chi connectivity index (χ1) is 8.29. The lowest BCUT2D eigenvalue weighted by Crippen LogP contribution is -2.37. The van der Waals surface area contributed by atoms with E-state index in [2.05, 4.69) is 4.90 Å². The molecule has 0 bridgehead atoms. The van der Waals surface area contributed by atoms with Gasteiger partial charge in [0.2, 0.25) is 0 Å². The fourth-order valence-electron chi connectivity index (χ4n) is 3.30. The van der Waals surface area contributed by atoms with Gasteiger partial charge in [0.05, 0.1) is 0 Å². The molecule has 0 aromatic heterocycles. The van der Waals surface area contributed by atoms with Crippen molar-refractivity contribution >= 4 is 5.78 Å². The van der Waals surface area contributed by atoms with Gasteiger partial charge >= 0.3 is 0 Å². The lowest BCUT2D eigenvalue weighted by molar-refractivity contribution is -0.120. The van der Waals surface area contributed by atoms with Gasteiger partial charge in [0, 0.05) is 25.5 Å². The van der Waals surface area contributed by atoms with Gasteiger partial charge in [0.15, 0.2) is 0 Å². The van der Waals surface area contributed by atoms with Gasteiger partial charge in [-0.2, -0.15) is 0 Å². The molecule has 2 atom stereocenters. The molecule has 0 spiro atoms. The predicted octanol–water partition coefficient (Wildman–Crippen LogP) is 1.84. The number of nitrogens with zero attached hydrogens (tertiary/aromatic N) is 1. The molecule has 1 saturated carbocycles. The number of hydrogen-bond acceptors (Lipinski definition) is 3. The van der Waals surface area contributed by atoms with E-state index in [4.69, 9.17) is 5.11 Å². The second-order valence-electron chi connectivity index (χ2n) is 5.67. The van der Waals surface area contributed by atoms with E-state index in [9.17, 15) is 4.79 Å². The summed E-state index contributed by atoms with van der Waals surface area (Å²) in [4.78, 5) is 14.1. The summed E-state index contributed by atoms with van der Waals surface area (Å²) < 4.78 is 0. The van der Waals surface area contributed by atoms with Crippen LogP contribution in [-0.4, -0.2) is 42.0 Å². The summed E-state index contributed by atoms with van der Waals surface area (Å²) in [6.45, 7) is 3.71. The molecule has 1 saturated heterocycles. The number of likely N-dealkylation sites (tertiary alicyclic amines) is 1. The molecule has 0 aromatic rings. The molecular weight excluding hydrogens is 214 g/mol. The molecule has 3 nitrogen and oxygen atoms in total. The second kappa shape index (κ2) is 6.50. The number of aliphatic hydroxyl groups is 1. The van der Waals surface area contributed by atoms with Crippen LogP contribution in [0.2, 0.25) is 0 Å². The minimum Gasteiger partial charge on any atom is -0.396 e. The molecule has 98 valence electrons. The minimum absolute atomic E-state index is 0.319. The molecule has 0 aromatic carbocycles. The Balaban J connectivity index is 1.69. The van der Waals surface area contributed by atoms with Crippen molar-refractivity contribution in [3.05, 3.63) is 0 Å². The van der Waals surface area contributed by atoms with Crippen LogP contribution in [0.25, 0.3) is 0 Å². The van der Waals surface area contributed by atoms with Gasteiger partial charge in [0.25, 0.3) is 0 Å². The summed E-state index contributed by atoms with van der Waals surface area (Å²) in [6, 6.07) is 0. The van der Waals surface area contributed by atoms with Crippen molar-refractivity contribution in [2.45, 2.75) is 44.9 Å². The van der Waals surface area contributed by atoms with Crippen LogP contribution in [0.15, 0.2) is 0 Å². The van der Waals surface area contributed by atoms with E-state index in [1.54, 1.807) is 0 Å². The number of ketones is 1. The third-order valence-electron chi connectivity index (χ3n) is 4.37. The molecule has 1 N–H and O–H groups in total. The highest BCUT2D eigenvalue weighted by molar-refractivity contribution is 5.82. The molecule has 0 amide bonds. The maximum absolute atomic E-state index is 11.6. The van der Waals surface area contributed by atoms with Crippen molar-refractivity contribution in [1.29, 1.82) is 0 Å². The van der Waals surface area contributed by atoms with Crippen molar-refractivity contribution in [1.82, 2.24) is 4.90 Å². The number of Topliss-reactive ketones (excluding diaryl/α,β-unsaturated/α-hetero) is 1. The molecule has 2 fully saturated rings. The Morgan fingerprint density at radius 2 is 2.12 bits per heavy atom. The van der Waals surface area contributed by atoms with E-state index in [1.165, 1.54) is 19.4 Å².